The van der Waals surface area contributed by atoms with Crippen LogP contribution in [0.25, 0.3) is 0 Å². The predicted octanol–water partition coefficient (Wildman–Crippen LogP) is 3.73. The normalized spacial score (nSPS) is 15.9. The monoisotopic (exact) mass is 499 g/mol. The van der Waals surface area contributed by atoms with Gasteiger partial charge in [0, 0.05) is 12.1 Å². The van der Waals surface area contributed by atoms with Crippen molar-refractivity contribution < 1.29 is 24.0 Å². The molecule has 2 aliphatic heterocycles. The maximum Gasteiger partial charge on any atom is 0.289 e. The zero-order valence-electron chi connectivity index (χ0n) is 19.0. The average Bonchev–Trinajstić information content (AvgIpc) is 3.34. The van der Waals surface area contributed by atoms with E-state index < -0.39 is 23.8 Å². The first kappa shape index (κ1) is 23.5. The standard InChI is InChI=1S/C27H21N3O5S/c31-23-16-36-27(35)29(23)15-18-10-12-19(13-11-18)28-24(32)22(14-17-6-2-1-3-7-17)30-25(33)20-8-4-5-9-21(20)26(30)34/h1-13,22H,14-16H2,(H,28,32). The number of hydrogen-bond donors (Lipinski definition) is 1. The molecule has 1 unspecified atom stereocenters. The number of nitrogens with one attached hydrogen (secondary N) is 1. The second kappa shape index (κ2) is 9.79. The van der Waals surface area contributed by atoms with Gasteiger partial charge in [-0.2, -0.15) is 0 Å². The number of thioether (sulfide) groups is 1. The Hall–Kier alpha value is -4.24. The molecule has 0 aliphatic carbocycles. The van der Waals surface area contributed by atoms with Crippen LogP contribution in [0.2, 0.25) is 0 Å². The minimum Gasteiger partial charge on any atom is -0.324 e. The van der Waals surface area contributed by atoms with Gasteiger partial charge in [0.05, 0.1) is 23.4 Å². The number of hydrogen-bond acceptors (Lipinski definition) is 6. The van der Waals surface area contributed by atoms with Gasteiger partial charge in [0.1, 0.15) is 6.04 Å². The topological polar surface area (TPSA) is 104 Å². The van der Waals surface area contributed by atoms with Gasteiger partial charge in [-0.1, -0.05) is 66.4 Å². The molecule has 180 valence electrons. The molecular formula is C27H21N3O5S. The van der Waals surface area contributed by atoms with E-state index in [0.717, 1.165) is 27.8 Å². The molecule has 1 fully saturated rings. The first-order valence-electron chi connectivity index (χ1n) is 11.3. The lowest BCUT2D eigenvalue weighted by Crippen LogP contribution is -2.48. The lowest BCUT2D eigenvalue weighted by atomic mass is 10.0. The van der Waals surface area contributed by atoms with Crippen LogP contribution in [0, 0.1) is 0 Å². The number of nitrogens with zero attached hydrogens (tertiary/aromatic N) is 2. The Morgan fingerprint density at radius 3 is 2.00 bits per heavy atom. The van der Waals surface area contributed by atoms with Crippen molar-refractivity contribution in [2.24, 2.45) is 0 Å². The van der Waals surface area contributed by atoms with Crippen LogP contribution in [-0.4, -0.2) is 50.5 Å². The minimum absolute atomic E-state index is 0.146. The smallest absolute Gasteiger partial charge is 0.289 e. The molecule has 0 aromatic heterocycles. The number of rotatable bonds is 7. The first-order chi connectivity index (χ1) is 17.4. The summed E-state index contributed by atoms with van der Waals surface area (Å²) in [5.41, 5.74) is 2.57. The SMILES string of the molecule is O=C(Nc1ccc(CN2C(=O)CSC2=O)cc1)C(Cc1ccccc1)N1C(=O)c2ccccc2C1=O. The second-order valence-corrected chi connectivity index (χ2v) is 9.38. The van der Waals surface area contributed by atoms with Crippen LogP contribution in [0.4, 0.5) is 10.5 Å². The fraction of sp³-hybridized carbons (Fsp3) is 0.148. The van der Waals surface area contributed by atoms with Crippen molar-refractivity contribution in [3.63, 3.8) is 0 Å². The highest BCUT2D eigenvalue weighted by Crippen LogP contribution is 2.27. The van der Waals surface area contributed by atoms with Crippen LogP contribution in [0.15, 0.2) is 78.9 Å². The summed E-state index contributed by atoms with van der Waals surface area (Å²) in [5.74, 6) is -1.58. The third-order valence-corrected chi connectivity index (χ3v) is 6.97. The molecular weight excluding hydrogens is 478 g/mol. The van der Waals surface area contributed by atoms with Crippen molar-refractivity contribution in [1.29, 1.82) is 0 Å². The van der Waals surface area contributed by atoms with Gasteiger partial charge in [0.25, 0.3) is 17.1 Å². The van der Waals surface area contributed by atoms with E-state index in [0.29, 0.717) is 5.69 Å². The molecule has 2 heterocycles. The Morgan fingerprint density at radius 1 is 0.806 bits per heavy atom. The van der Waals surface area contributed by atoms with E-state index in [2.05, 4.69) is 5.32 Å². The summed E-state index contributed by atoms with van der Waals surface area (Å²) < 4.78 is 0. The number of fused-ring (bicyclic) bond motifs is 1. The number of benzene rings is 3. The van der Waals surface area contributed by atoms with Crippen LogP contribution >= 0.6 is 11.8 Å². The quantitative estimate of drug-likeness (QED) is 0.497. The van der Waals surface area contributed by atoms with Crippen LogP contribution < -0.4 is 5.32 Å². The summed E-state index contributed by atoms with van der Waals surface area (Å²) in [6, 6.07) is 21.4. The zero-order valence-corrected chi connectivity index (χ0v) is 19.9. The Labute approximate surface area is 211 Å². The van der Waals surface area contributed by atoms with Gasteiger partial charge in [0.2, 0.25) is 11.8 Å². The van der Waals surface area contributed by atoms with E-state index in [-0.39, 0.29) is 41.0 Å². The predicted molar refractivity (Wildman–Crippen MR) is 134 cm³/mol. The summed E-state index contributed by atoms with van der Waals surface area (Å²) in [7, 11) is 0. The number of imide groups is 2. The van der Waals surface area contributed by atoms with Crippen LogP contribution in [0.5, 0.6) is 0 Å². The Bertz CT molecular complexity index is 1320. The summed E-state index contributed by atoms with van der Waals surface area (Å²) in [4.78, 5) is 65.6. The van der Waals surface area contributed by atoms with Gasteiger partial charge in [0.15, 0.2) is 0 Å². The van der Waals surface area contributed by atoms with E-state index in [1.54, 1.807) is 48.5 Å². The highest BCUT2D eigenvalue weighted by molar-refractivity contribution is 8.14. The fourth-order valence-corrected chi connectivity index (χ4v) is 4.99. The molecule has 2 aliphatic rings. The highest BCUT2D eigenvalue weighted by Gasteiger charge is 2.42. The molecule has 9 heteroatoms. The molecule has 1 atom stereocenters. The number of carbonyl (C=O) groups is 5. The highest BCUT2D eigenvalue weighted by atomic mass is 32.2. The van der Waals surface area contributed by atoms with E-state index in [1.807, 2.05) is 30.3 Å². The molecule has 3 aromatic rings. The van der Waals surface area contributed by atoms with E-state index in [9.17, 15) is 24.0 Å². The van der Waals surface area contributed by atoms with Gasteiger partial charge < -0.3 is 5.32 Å². The fourth-order valence-electron chi connectivity index (χ4n) is 4.27. The Balaban J connectivity index is 1.36. The summed E-state index contributed by atoms with van der Waals surface area (Å²) in [6.07, 6.45) is 0.160. The van der Waals surface area contributed by atoms with E-state index in [4.69, 9.17) is 0 Å². The molecule has 8 nitrogen and oxygen atoms in total. The van der Waals surface area contributed by atoms with Gasteiger partial charge in [-0.25, -0.2) is 0 Å². The summed E-state index contributed by atoms with van der Waals surface area (Å²) in [6.45, 7) is 0.157. The average molecular weight is 500 g/mol. The molecule has 5 rings (SSSR count). The molecule has 3 aromatic carbocycles. The molecule has 5 amide bonds. The summed E-state index contributed by atoms with van der Waals surface area (Å²) in [5, 5.41) is 2.53. The molecule has 0 saturated carbocycles. The molecule has 0 spiro atoms. The number of anilines is 1. The van der Waals surface area contributed by atoms with Crippen LogP contribution in [-0.2, 0) is 22.6 Å². The van der Waals surface area contributed by atoms with E-state index >= 15 is 0 Å². The maximum absolute atomic E-state index is 13.4. The van der Waals surface area contributed by atoms with Crippen molar-refractivity contribution in [2.75, 3.05) is 11.1 Å². The van der Waals surface area contributed by atoms with Crippen molar-refractivity contribution in [3.05, 3.63) is 101 Å². The van der Waals surface area contributed by atoms with Gasteiger partial charge in [-0.3, -0.25) is 33.8 Å². The maximum atomic E-state index is 13.4. The molecule has 1 saturated heterocycles. The molecule has 1 N–H and O–H groups in total. The van der Waals surface area contributed by atoms with Crippen molar-refractivity contribution in [1.82, 2.24) is 9.80 Å². The van der Waals surface area contributed by atoms with Gasteiger partial charge in [-0.05, 0) is 35.4 Å². The Morgan fingerprint density at radius 2 is 1.42 bits per heavy atom. The first-order valence-corrected chi connectivity index (χ1v) is 12.3. The van der Waals surface area contributed by atoms with Crippen molar-refractivity contribution in [2.45, 2.75) is 19.0 Å². The number of carbonyl (C=O) groups excluding carboxylic acids is 5. The molecule has 36 heavy (non-hydrogen) atoms. The largest absolute Gasteiger partial charge is 0.324 e. The zero-order chi connectivity index (χ0) is 25.2. The molecule has 0 bridgehead atoms. The summed E-state index contributed by atoms with van der Waals surface area (Å²) >= 11 is 0.977. The van der Waals surface area contributed by atoms with Crippen molar-refractivity contribution >= 4 is 46.3 Å². The van der Waals surface area contributed by atoms with Crippen LogP contribution in [0.1, 0.15) is 31.8 Å². The molecule has 0 radical (unpaired) electrons. The minimum atomic E-state index is -1.06. The van der Waals surface area contributed by atoms with Gasteiger partial charge >= 0.3 is 0 Å². The third kappa shape index (κ3) is 4.52. The lowest BCUT2D eigenvalue weighted by Gasteiger charge is -2.25. The number of amides is 5. The Kier molecular flexibility index (Phi) is 6.39. The van der Waals surface area contributed by atoms with Gasteiger partial charge in [-0.15, -0.1) is 0 Å². The van der Waals surface area contributed by atoms with E-state index in [1.165, 1.54) is 4.90 Å². The second-order valence-electron chi connectivity index (χ2n) is 8.45. The third-order valence-electron chi connectivity index (χ3n) is 6.11. The van der Waals surface area contributed by atoms with Crippen molar-refractivity contribution in [3.8, 4) is 0 Å². The van der Waals surface area contributed by atoms with Crippen LogP contribution in [0.3, 0.4) is 0 Å². The lowest BCUT2D eigenvalue weighted by molar-refractivity contribution is -0.125.